The molecule has 1 nitrogen and oxygen atoms in total. The molecule has 0 heterocycles. The van der Waals surface area contributed by atoms with Gasteiger partial charge >= 0.3 is 0 Å². The first-order chi connectivity index (χ1) is 6.29. The van der Waals surface area contributed by atoms with E-state index in [0.29, 0.717) is 12.2 Å². The van der Waals surface area contributed by atoms with Crippen molar-refractivity contribution in [3.8, 4) is 5.75 Å². The summed E-state index contributed by atoms with van der Waals surface area (Å²) in [5.74, 6) is 0.347. The minimum absolute atomic E-state index is 0.347. The Morgan fingerprint density at radius 1 is 1.15 bits per heavy atom. The first kappa shape index (κ1) is 9.59. The van der Waals surface area contributed by atoms with Gasteiger partial charge in [0.1, 0.15) is 5.75 Å². The summed E-state index contributed by atoms with van der Waals surface area (Å²) in [4.78, 5) is 0. The molecule has 0 aliphatic carbocycles. The lowest BCUT2D eigenvalue weighted by molar-refractivity contribution is 0.469. The van der Waals surface area contributed by atoms with Crippen LogP contribution < -0.4 is 0 Å². The summed E-state index contributed by atoms with van der Waals surface area (Å²) in [6.07, 6.45) is 5.12. The molecule has 0 saturated heterocycles. The van der Waals surface area contributed by atoms with Gasteiger partial charge in [0.05, 0.1) is 0 Å². The van der Waals surface area contributed by atoms with Crippen LogP contribution in [-0.2, 0) is 12.8 Å². The third-order valence-corrected chi connectivity index (χ3v) is 1.96. The van der Waals surface area contributed by atoms with Gasteiger partial charge in [-0.15, -0.1) is 13.2 Å². The zero-order chi connectivity index (χ0) is 9.68. The molecule has 0 aromatic heterocycles. The van der Waals surface area contributed by atoms with Gasteiger partial charge < -0.3 is 5.11 Å². The molecule has 0 atom stereocenters. The van der Waals surface area contributed by atoms with E-state index in [4.69, 9.17) is 0 Å². The maximum atomic E-state index is 9.57. The molecule has 1 aromatic carbocycles. The lowest BCUT2D eigenvalue weighted by Crippen LogP contribution is -1.91. The van der Waals surface area contributed by atoms with Crippen LogP contribution in [0.5, 0.6) is 5.75 Å². The monoisotopic (exact) mass is 174 g/mol. The summed E-state index contributed by atoms with van der Waals surface area (Å²) in [6.45, 7) is 7.34. The molecule has 1 rings (SSSR count). The van der Waals surface area contributed by atoms with Crippen LogP contribution in [0.3, 0.4) is 0 Å². The van der Waals surface area contributed by atoms with Crippen molar-refractivity contribution in [2.45, 2.75) is 12.8 Å². The van der Waals surface area contributed by atoms with Crippen molar-refractivity contribution in [2.75, 3.05) is 0 Å². The Hall–Kier alpha value is -1.50. The highest BCUT2D eigenvalue weighted by Crippen LogP contribution is 2.22. The fourth-order valence-electron chi connectivity index (χ4n) is 1.35. The van der Waals surface area contributed by atoms with E-state index in [0.717, 1.165) is 17.5 Å². The van der Waals surface area contributed by atoms with Crippen molar-refractivity contribution in [1.29, 1.82) is 0 Å². The van der Waals surface area contributed by atoms with Crippen molar-refractivity contribution >= 4 is 0 Å². The number of phenolic OH excluding ortho intramolecular Hbond substituents is 1. The van der Waals surface area contributed by atoms with E-state index in [-0.39, 0.29) is 0 Å². The van der Waals surface area contributed by atoms with Crippen molar-refractivity contribution in [3.63, 3.8) is 0 Å². The smallest absolute Gasteiger partial charge is 0.119 e. The minimum atomic E-state index is 0.347. The molecule has 0 spiro atoms. The van der Waals surface area contributed by atoms with Crippen LogP contribution >= 0.6 is 0 Å². The number of hydrogen-bond acceptors (Lipinski definition) is 1. The van der Waals surface area contributed by atoms with Crippen LogP contribution in [0.1, 0.15) is 11.1 Å². The van der Waals surface area contributed by atoms with Gasteiger partial charge in [0.15, 0.2) is 0 Å². The van der Waals surface area contributed by atoms with E-state index in [9.17, 15) is 5.11 Å². The van der Waals surface area contributed by atoms with Crippen LogP contribution in [0, 0.1) is 0 Å². The molecule has 1 aromatic rings. The van der Waals surface area contributed by atoms with Gasteiger partial charge in [-0.2, -0.15) is 0 Å². The fraction of sp³-hybridized carbons (Fsp3) is 0.167. The van der Waals surface area contributed by atoms with Gasteiger partial charge in [0.25, 0.3) is 0 Å². The van der Waals surface area contributed by atoms with E-state index in [1.165, 1.54) is 0 Å². The lowest BCUT2D eigenvalue weighted by Gasteiger charge is -2.07. The second-order valence-electron chi connectivity index (χ2n) is 2.90. The van der Waals surface area contributed by atoms with Crippen LogP contribution in [0.25, 0.3) is 0 Å². The summed E-state index contributed by atoms with van der Waals surface area (Å²) >= 11 is 0. The lowest BCUT2D eigenvalue weighted by atomic mass is 10.0. The van der Waals surface area contributed by atoms with E-state index < -0.39 is 0 Å². The molecule has 0 saturated carbocycles. The average molecular weight is 174 g/mol. The zero-order valence-electron chi connectivity index (χ0n) is 7.66. The Morgan fingerprint density at radius 3 is 2.46 bits per heavy atom. The third kappa shape index (κ3) is 2.22. The number of phenols is 1. The van der Waals surface area contributed by atoms with Gasteiger partial charge in [-0.05, 0) is 24.5 Å². The Bertz CT molecular complexity index is 313. The van der Waals surface area contributed by atoms with Crippen molar-refractivity contribution in [1.82, 2.24) is 0 Å². The van der Waals surface area contributed by atoms with E-state index in [1.807, 2.05) is 18.2 Å². The summed E-state index contributed by atoms with van der Waals surface area (Å²) < 4.78 is 0. The first-order valence-electron chi connectivity index (χ1n) is 4.31. The molecule has 68 valence electrons. The predicted molar refractivity (Wildman–Crippen MR) is 55.9 cm³/mol. The number of hydrogen-bond donors (Lipinski definition) is 1. The van der Waals surface area contributed by atoms with Gasteiger partial charge in [-0.1, -0.05) is 24.3 Å². The molecule has 0 bridgehead atoms. The van der Waals surface area contributed by atoms with Crippen molar-refractivity contribution < 1.29 is 5.11 Å². The van der Waals surface area contributed by atoms with E-state index in [2.05, 4.69) is 13.2 Å². The topological polar surface area (TPSA) is 20.2 Å². The second kappa shape index (κ2) is 4.51. The predicted octanol–water partition coefficient (Wildman–Crippen LogP) is 2.85. The molecule has 0 radical (unpaired) electrons. The molecule has 1 heteroatoms. The maximum absolute atomic E-state index is 9.57. The normalized spacial score (nSPS) is 9.54. The molecule has 0 unspecified atom stereocenters. The third-order valence-electron chi connectivity index (χ3n) is 1.96. The minimum Gasteiger partial charge on any atom is -0.508 e. The summed E-state index contributed by atoms with van der Waals surface area (Å²) in [5.41, 5.74) is 2.08. The number of benzene rings is 1. The highest BCUT2D eigenvalue weighted by molar-refractivity contribution is 5.41. The number of aromatic hydroxyl groups is 1. The molecule has 0 amide bonds. The second-order valence-corrected chi connectivity index (χ2v) is 2.90. The standard InChI is InChI=1S/C12H14O/c1-3-6-10-8-5-9-12(13)11(10)7-4-2/h3-5,8-9,13H,1-2,6-7H2. The van der Waals surface area contributed by atoms with Crippen molar-refractivity contribution in [2.24, 2.45) is 0 Å². The molecular formula is C12H14O. The molecule has 0 aliphatic heterocycles. The van der Waals surface area contributed by atoms with Crippen LogP contribution in [-0.4, -0.2) is 5.11 Å². The Labute approximate surface area is 79.0 Å². The van der Waals surface area contributed by atoms with E-state index >= 15 is 0 Å². The molecular weight excluding hydrogens is 160 g/mol. The summed E-state index contributed by atoms with van der Waals surface area (Å²) in [6, 6.07) is 5.55. The number of allylic oxidation sites excluding steroid dienone is 2. The van der Waals surface area contributed by atoms with Crippen LogP contribution in [0.2, 0.25) is 0 Å². The molecule has 0 aliphatic rings. The molecule has 0 fully saturated rings. The highest BCUT2D eigenvalue weighted by atomic mass is 16.3. The van der Waals surface area contributed by atoms with Crippen molar-refractivity contribution in [3.05, 3.63) is 54.6 Å². The summed E-state index contributed by atoms with van der Waals surface area (Å²) in [5, 5.41) is 9.57. The fourth-order valence-corrected chi connectivity index (χ4v) is 1.35. The molecule has 13 heavy (non-hydrogen) atoms. The quantitative estimate of drug-likeness (QED) is 0.696. The van der Waals surface area contributed by atoms with Gasteiger partial charge in [0.2, 0.25) is 0 Å². The average Bonchev–Trinajstić information content (AvgIpc) is 2.11. The SMILES string of the molecule is C=CCc1cccc(O)c1CC=C. The van der Waals surface area contributed by atoms with Gasteiger partial charge in [0, 0.05) is 5.56 Å². The highest BCUT2D eigenvalue weighted by Gasteiger charge is 2.03. The largest absolute Gasteiger partial charge is 0.508 e. The van der Waals surface area contributed by atoms with Gasteiger partial charge in [-0.3, -0.25) is 0 Å². The maximum Gasteiger partial charge on any atom is 0.119 e. The van der Waals surface area contributed by atoms with Crippen LogP contribution in [0.15, 0.2) is 43.5 Å². The number of rotatable bonds is 4. The summed E-state index contributed by atoms with van der Waals surface area (Å²) in [7, 11) is 0. The van der Waals surface area contributed by atoms with Crippen LogP contribution in [0.4, 0.5) is 0 Å². The Morgan fingerprint density at radius 2 is 1.85 bits per heavy atom. The Kier molecular flexibility index (Phi) is 3.32. The zero-order valence-corrected chi connectivity index (χ0v) is 7.66. The first-order valence-corrected chi connectivity index (χ1v) is 4.31. The Balaban J connectivity index is 3.08. The van der Waals surface area contributed by atoms with Gasteiger partial charge in [-0.25, -0.2) is 0 Å². The molecule has 1 N–H and O–H groups in total. The van der Waals surface area contributed by atoms with E-state index in [1.54, 1.807) is 12.1 Å².